The number of nitrogens with zero attached hydrogens (tertiary/aromatic N) is 2. The summed E-state index contributed by atoms with van der Waals surface area (Å²) in [5.74, 6) is 1.12. The van der Waals surface area contributed by atoms with Crippen molar-refractivity contribution in [1.29, 1.82) is 0 Å². The van der Waals surface area contributed by atoms with Crippen molar-refractivity contribution in [2.24, 2.45) is 15.8 Å². The Morgan fingerprint density at radius 1 is 1.06 bits per heavy atom. The molecule has 0 bridgehead atoms. The van der Waals surface area contributed by atoms with Gasteiger partial charge in [0.1, 0.15) is 0 Å². The van der Waals surface area contributed by atoms with Crippen LogP contribution in [0.5, 0.6) is 0 Å². The quantitative estimate of drug-likeness (QED) is 0.681. The first kappa shape index (κ1) is 11.7. The third kappa shape index (κ3) is 2.04. The van der Waals surface area contributed by atoms with Crippen molar-refractivity contribution in [1.82, 2.24) is 10.2 Å². The number of guanidine groups is 1. The Morgan fingerprint density at radius 3 is 2.12 bits per heavy atom. The number of fused-ring (bicyclic) bond motifs is 1. The fraction of sp³-hybridized carbons (Fsp3) is 0.923. The minimum Gasteiger partial charge on any atom is -0.351 e. The van der Waals surface area contributed by atoms with E-state index in [2.05, 4.69) is 51.8 Å². The Bertz CT molecular complexity index is 306. The largest absolute Gasteiger partial charge is 0.351 e. The lowest BCUT2D eigenvalue weighted by Gasteiger charge is -2.29. The summed E-state index contributed by atoms with van der Waals surface area (Å²) in [6.45, 7) is 15.9. The van der Waals surface area contributed by atoms with Crippen LogP contribution in [0.4, 0.5) is 0 Å². The summed E-state index contributed by atoms with van der Waals surface area (Å²) in [7, 11) is 0. The third-order valence-corrected chi connectivity index (χ3v) is 3.72. The predicted molar refractivity (Wildman–Crippen MR) is 68.6 cm³/mol. The lowest BCUT2D eigenvalue weighted by Crippen LogP contribution is -2.39. The van der Waals surface area contributed by atoms with Gasteiger partial charge in [0.2, 0.25) is 0 Å². The maximum atomic E-state index is 4.82. The Balaban J connectivity index is 2.08. The van der Waals surface area contributed by atoms with Crippen LogP contribution in [0.2, 0.25) is 0 Å². The molecule has 0 spiro atoms. The molecule has 2 aliphatic heterocycles. The van der Waals surface area contributed by atoms with E-state index in [1.165, 1.54) is 0 Å². The Labute approximate surface area is 99.3 Å². The van der Waals surface area contributed by atoms with Crippen molar-refractivity contribution in [2.75, 3.05) is 13.1 Å². The van der Waals surface area contributed by atoms with E-state index in [4.69, 9.17) is 4.99 Å². The second-order valence-corrected chi connectivity index (χ2v) is 7.30. The second-order valence-electron chi connectivity index (χ2n) is 7.30. The molecule has 2 aliphatic rings. The summed E-state index contributed by atoms with van der Waals surface area (Å²) >= 11 is 0. The molecule has 0 aromatic rings. The zero-order chi connectivity index (χ0) is 12.1. The van der Waals surface area contributed by atoms with Crippen LogP contribution in [-0.4, -0.2) is 36.0 Å². The zero-order valence-corrected chi connectivity index (χ0v) is 11.5. The Hall–Kier alpha value is -0.730. The highest BCUT2D eigenvalue weighted by molar-refractivity contribution is 5.84. The van der Waals surface area contributed by atoms with E-state index in [1.807, 2.05) is 0 Å². The molecule has 0 amide bonds. The first-order chi connectivity index (χ1) is 7.18. The monoisotopic (exact) mass is 223 g/mol. The van der Waals surface area contributed by atoms with Crippen molar-refractivity contribution in [2.45, 2.75) is 53.6 Å². The molecule has 0 saturated carbocycles. The van der Waals surface area contributed by atoms with E-state index in [-0.39, 0.29) is 5.41 Å². The van der Waals surface area contributed by atoms with Gasteiger partial charge in [-0.3, -0.25) is 0 Å². The van der Waals surface area contributed by atoms with Crippen LogP contribution in [-0.2, 0) is 0 Å². The summed E-state index contributed by atoms with van der Waals surface area (Å²) in [6, 6.07) is 0.975. The molecule has 1 fully saturated rings. The standard InChI is InChI=1S/C13H25N3/c1-12(2,3)9-7-16-8-10(13(4,5)6)15-11(16)14-9/h9-10H,7-8H2,1-6H3,(H,14,15)/t9-,10-/m1/s1. The molecule has 16 heavy (non-hydrogen) atoms. The van der Waals surface area contributed by atoms with Gasteiger partial charge >= 0.3 is 0 Å². The van der Waals surface area contributed by atoms with E-state index >= 15 is 0 Å². The van der Waals surface area contributed by atoms with Crippen LogP contribution < -0.4 is 5.32 Å². The van der Waals surface area contributed by atoms with Crippen LogP contribution in [0.3, 0.4) is 0 Å². The molecule has 2 heterocycles. The van der Waals surface area contributed by atoms with Crippen molar-refractivity contribution in [3.8, 4) is 0 Å². The fourth-order valence-electron chi connectivity index (χ4n) is 2.23. The SMILES string of the molecule is CC(C)(C)[C@H]1CN2C[C@H](C(C)(C)C)NC2=N1. The highest BCUT2D eigenvalue weighted by Crippen LogP contribution is 2.31. The lowest BCUT2D eigenvalue weighted by molar-refractivity contribution is 0.253. The minimum atomic E-state index is 0.274. The topological polar surface area (TPSA) is 27.6 Å². The van der Waals surface area contributed by atoms with Crippen molar-refractivity contribution in [3.05, 3.63) is 0 Å². The molecule has 1 N–H and O–H groups in total. The molecule has 92 valence electrons. The average molecular weight is 223 g/mol. The molecule has 3 heteroatoms. The highest BCUT2D eigenvalue weighted by atomic mass is 15.4. The van der Waals surface area contributed by atoms with Crippen molar-refractivity contribution < 1.29 is 0 Å². The smallest absolute Gasteiger partial charge is 0.194 e. The van der Waals surface area contributed by atoms with Gasteiger partial charge in [0.25, 0.3) is 0 Å². The summed E-state index contributed by atoms with van der Waals surface area (Å²) in [5.41, 5.74) is 0.584. The Kier molecular flexibility index (Phi) is 2.48. The minimum absolute atomic E-state index is 0.274. The van der Waals surface area contributed by atoms with Gasteiger partial charge in [0, 0.05) is 13.1 Å². The van der Waals surface area contributed by atoms with Crippen LogP contribution >= 0.6 is 0 Å². The van der Waals surface area contributed by atoms with Crippen LogP contribution in [0, 0.1) is 10.8 Å². The van der Waals surface area contributed by atoms with E-state index in [0.29, 0.717) is 17.5 Å². The van der Waals surface area contributed by atoms with Crippen LogP contribution in [0.1, 0.15) is 41.5 Å². The average Bonchev–Trinajstić information content (AvgIpc) is 2.53. The number of aliphatic imine (C=N–C) groups is 1. The molecule has 0 aromatic heterocycles. The van der Waals surface area contributed by atoms with Gasteiger partial charge in [-0.1, -0.05) is 41.5 Å². The van der Waals surface area contributed by atoms with E-state index in [1.54, 1.807) is 0 Å². The summed E-state index contributed by atoms with van der Waals surface area (Å²) in [6.07, 6.45) is 0. The lowest BCUT2D eigenvalue weighted by atomic mass is 9.86. The van der Waals surface area contributed by atoms with Gasteiger partial charge in [-0.25, -0.2) is 4.99 Å². The summed E-state index contributed by atoms with van der Waals surface area (Å²) in [5, 5.41) is 3.57. The summed E-state index contributed by atoms with van der Waals surface area (Å²) < 4.78 is 0. The van der Waals surface area contributed by atoms with Gasteiger partial charge in [0.05, 0.1) is 12.1 Å². The third-order valence-electron chi connectivity index (χ3n) is 3.72. The summed E-state index contributed by atoms with van der Waals surface area (Å²) in [4.78, 5) is 7.23. The predicted octanol–water partition coefficient (Wildman–Crippen LogP) is 2.09. The van der Waals surface area contributed by atoms with Gasteiger partial charge in [-0.2, -0.15) is 0 Å². The van der Waals surface area contributed by atoms with Crippen molar-refractivity contribution in [3.63, 3.8) is 0 Å². The van der Waals surface area contributed by atoms with Crippen LogP contribution in [0.15, 0.2) is 4.99 Å². The second kappa shape index (κ2) is 3.38. The molecular formula is C13H25N3. The molecule has 3 nitrogen and oxygen atoms in total. The maximum absolute atomic E-state index is 4.82. The molecule has 1 saturated heterocycles. The van der Waals surface area contributed by atoms with E-state index in [0.717, 1.165) is 19.0 Å². The van der Waals surface area contributed by atoms with E-state index < -0.39 is 0 Å². The van der Waals surface area contributed by atoms with Gasteiger partial charge in [-0.05, 0) is 10.8 Å². The molecule has 0 aliphatic carbocycles. The van der Waals surface area contributed by atoms with Gasteiger partial charge in [0.15, 0.2) is 5.96 Å². The molecule has 0 unspecified atom stereocenters. The van der Waals surface area contributed by atoms with Crippen molar-refractivity contribution >= 4 is 5.96 Å². The molecule has 2 atom stereocenters. The highest BCUT2D eigenvalue weighted by Gasteiger charge is 2.41. The molecule has 0 radical (unpaired) electrons. The fourth-order valence-corrected chi connectivity index (χ4v) is 2.23. The normalized spacial score (nSPS) is 30.1. The number of hydrogen-bond donors (Lipinski definition) is 1. The van der Waals surface area contributed by atoms with E-state index in [9.17, 15) is 0 Å². The first-order valence-electron chi connectivity index (χ1n) is 6.27. The number of rotatable bonds is 0. The molecule has 2 rings (SSSR count). The molecular weight excluding hydrogens is 198 g/mol. The van der Waals surface area contributed by atoms with Gasteiger partial charge in [-0.15, -0.1) is 0 Å². The zero-order valence-electron chi connectivity index (χ0n) is 11.5. The first-order valence-corrected chi connectivity index (χ1v) is 6.27. The number of nitrogens with one attached hydrogen (secondary N) is 1. The van der Waals surface area contributed by atoms with Gasteiger partial charge < -0.3 is 10.2 Å². The Morgan fingerprint density at radius 2 is 1.69 bits per heavy atom. The maximum Gasteiger partial charge on any atom is 0.194 e. The van der Waals surface area contributed by atoms with Crippen LogP contribution in [0.25, 0.3) is 0 Å². The number of hydrogen-bond acceptors (Lipinski definition) is 3. The molecule has 0 aromatic carbocycles.